The summed E-state index contributed by atoms with van der Waals surface area (Å²) in [5, 5.41) is 9.04. The Morgan fingerprint density at radius 2 is 1.63 bits per heavy atom. The molecule has 1 aliphatic rings. The fourth-order valence-electron chi connectivity index (χ4n) is 5.32. The van der Waals surface area contributed by atoms with E-state index in [1.54, 1.807) is 66.7 Å². The van der Waals surface area contributed by atoms with Gasteiger partial charge in [-0.15, -0.1) is 0 Å². The van der Waals surface area contributed by atoms with Crippen LogP contribution in [0.3, 0.4) is 0 Å². The molecular formula is C35H33BrF3N3O6S. The van der Waals surface area contributed by atoms with Crippen molar-refractivity contribution in [2.75, 3.05) is 19.0 Å². The van der Waals surface area contributed by atoms with E-state index in [2.05, 4.69) is 26.8 Å². The minimum Gasteiger partial charge on any atom is -0.494 e. The largest absolute Gasteiger partial charge is 0.494 e. The molecule has 4 aromatic carbocycles. The van der Waals surface area contributed by atoms with Gasteiger partial charge in [0.2, 0.25) is 5.90 Å². The molecule has 0 spiro atoms. The van der Waals surface area contributed by atoms with Crippen LogP contribution in [-0.2, 0) is 32.1 Å². The van der Waals surface area contributed by atoms with E-state index in [0.29, 0.717) is 29.9 Å². The second kappa shape index (κ2) is 15.5. The number of hydrogen-bond donors (Lipinski definition) is 3. The maximum absolute atomic E-state index is 14.3. The van der Waals surface area contributed by atoms with Crippen molar-refractivity contribution in [1.29, 1.82) is 0 Å². The Labute approximate surface area is 290 Å². The summed E-state index contributed by atoms with van der Waals surface area (Å²) < 4.78 is 80.6. The molecule has 49 heavy (non-hydrogen) atoms. The summed E-state index contributed by atoms with van der Waals surface area (Å²) >= 11 is 3.40. The maximum Gasteiger partial charge on any atom is 0.416 e. The number of aliphatic hydroxyl groups excluding tert-OH is 1. The van der Waals surface area contributed by atoms with Gasteiger partial charge in [-0.2, -0.15) is 13.2 Å². The molecule has 3 N–H and O–H groups in total. The zero-order chi connectivity index (χ0) is 35.1. The number of amides is 1. The summed E-state index contributed by atoms with van der Waals surface area (Å²) in [5.41, 5.74) is 3.25. The highest BCUT2D eigenvalue weighted by Crippen LogP contribution is 2.43. The minimum absolute atomic E-state index is 0.0198. The van der Waals surface area contributed by atoms with Gasteiger partial charge in [-0.25, -0.2) is 18.8 Å². The topological polar surface area (TPSA) is 126 Å². The van der Waals surface area contributed by atoms with Gasteiger partial charge in [0.05, 0.1) is 22.8 Å². The number of hydrogen-bond acceptors (Lipinski definition) is 8. The molecule has 0 saturated carbocycles. The van der Waals surface area contributed by atoms with Crippen LogP contribution in [0.1, 0.15) is 41.2 Å². The molecule has 0 saturated heterocycles. The number of aliphatic imine (C=N–C) groups is 1. The smallest absolute Gasteiger partial charge is 0.416 e. The molecule has 1 heterocycles. The number of carbonyl (C=O) groups is 1. The lowest BCUT2D eigenvalue weighted by Crippen LogP contribution is -2.53. The number of sulfone groups is 1. The number of hydrazine groups is 1. The highest BCUT2D eigenvalue weighted by molar-refractivity contribution is 9.10. The molecule has 14 heteroatoms. The van der Waals surface area contributed by atoms with Gasteiger partial charge in [0.25, 0.3) is 5.91 Å². The molecule has 0 unspecified atom stereocenters. The Morgan fingerprint density at radius 1 is 0.959 bits per heavy atom. The molecule has 2 atom stereocenters. The van der Waals surface area contributed by atoms with Crippen molar-refractivity contribution in [3.8, 4) is 5.75 Å². The average molecular weight is 761 g/mol. The van der Waals surface area contributed by atoms with Crippen LogP contribution in [0.5, 0.6) is 5.75 Å². The Morgan fingerprint density at radius 3 is 2.31 bits per heavy atom. The monoisotopic (exact) mass is 759 g/mol. The molecule has 4 aromatic rings. The van der Waals surface area contributed by atoms with E-state index < -0.39 is 44.9 Å². The predicted molar refractivity (Wildman–Crippen MR) is 180 cm³/mol. The lowest BCUT2D eigenvalue weighted by atomic mass is 9.85. The maximum atomic E-state index is 14.3. The van der Waals surface area contributed by atoms with Gasteiger partial charge in [-0.1, -0.05) is 64.5 Å². The summed E-state index contributed by atoms with van der Waals surface area (Å²) in [7, 11) is -3.91. The first-order valence-corrected chi connectivity index (χ1v) is 17.7. The first-order valence-electron chi connectivity index (χ1n) is 15.3. The minimum atomic E-state index is -4.61. The second-order valence-corrected chi connectivity index (χ2v) is 14.2. The lowest BCUT2D eigenvalue weighted by molar-refractivity contribution is -0.138. The van der Waals surface area contributed by atoms with Crippen LogP contribution in [0, 0.1) is 0 Å². The summed E-state index contributed by atoms with van der Waals surface area (Å²) in [6, 6.07) is 26.4. The fraction of sp³-hybridized carbons (Fsp3) is 0.257. The van der Waals surface area contributed by atoms with Crippen LogP contribution in [0.15, 0.2) is 117 Å². The van der Waals surface area contributed by atoms with Crippen LogP contribution >= 0.6 is 15.9 Å². The number of benzene rings is 4. The Balaban J connectivity index is 1.52. The van der Waals surface area contributed by atoms with E-state index in [-0.39, 0.29) is 35.9 Å². The average Bonchev–Trinajstić information content (AvgIpc) is 3.49. The second-order valence-electron chi connectivity index (χ2n) is 11.2. The fourth-order valence-corrected chi connectivity index (χ4v) is 6.97. The van der Waals surface area contributed by atoms with Gasteiger partial charge in [-0.05, 0) is 65.7 Å². The lowest BCUT2D eigenvalue weighted by Gasteiger charge is -2.30. The van der Waals surface area contributed by atoms with Crippen molar-refractivity contribution >= 4 is 37.6 Å². The van der Waals surface area contributed by atoms with Crippen molar-refractivity contribution in [2.24, 2.45) is 4.99 Å². The van der Waals surface area contributed by atoms with E-state index in [4.69, 9.17) is 19.6 Å². The zero-order valence-corrected chi connectivity index (χ0v) is 28.4. The summed E-state index contributed by atoms with van der Waals surface area (Å²) in [4.78, 5) is 19.1. The number of halogens is 4. The molecule has 0 aliphatic carbocycles. The van der Waals surface area contributed by atoms with Crippen molar-refractivity contribution in [1.82, 2.24) is 10.9 Å². The highest BCUT2D eigenvalue weighted by atomic mass is 79.9. The first kappa shape index (κ1) is 36.1. The van der Waals surface area contributed by atoms with E-state index >= 15 is 0 Å². The van der Waals surface area contributed by atoms with Crippen molar-refractivity contribution in [3.63, 3.8) is 0 Å². The van der Waals surface area contributed by atoms with Crippen LogP contribution in [0.2, 0.25) is 0 Å². The van der Waals surface area contributed by atoms with Crippen molar-refractivity contribution in [2.45, 2.75) is 42.1 Å². The van der Waals surface area contributed by atoms with Gasteiger partial charge in [0.1, 0.15) is 5.75 Å². The summed E-state index contributed by atoms with van der Waals surface area (Å²) in [5.74, 6) is -0.704. The molecule has 1 aliphatic heterocycles. The Hall–Kier alpha value is -4.24. The number of nitrogens with one attached hydrogen (secondary N) is 2. The third-order valence-electron chi connectivity index (χ3n) is 7.86. The Kier molecular flexibility index (Phi) is 11.4. The van der Waals surface area contributed by atoms with Crippen LogP contribution in [0.25, 0.3) is 0 Å². The van der Waals surface area contributed by atoms with Gasteiger partial charge in [-0.3, -0.25) is 10.2 Å². The van der Waals surface area contributed by atoms with Crippen LogP contribution in [0.4, 0.5) is 13.2 Å². The first-order chi connectivity index (χ1) is 23.4. The SMILES string of the molecule is O=C(NNCc1ccccc1C(F)(F)F)[C@@]1(CCS(=O)(=O)c2ccccc2)N=C(c2ccc(OCCCO)cc2)O[C@H]1c1ccc(Br)cc1. The normalized spacial score (nSPS) is 17.7. The molecular weight excluding hydrogens is 727 g/mol. The number of nitrogens with zero attached hydrogens (tertiary/aromatic N) is 1. The molecule has 5 rings (SSSR count). The van der Waals surface area contributed by atoms with Crippen LogP contribution < -0.4 is 15.6 Å². The number of ether oxygens (including phenoxy) is 2. The molecule has 0 aromatic heterocycles. The van der Waals surface area contributed by atoms with Crippen molar-refractivity contribution in [3.05, 3.63) is 130 Å². The number of carbonyl (C=O) groups excluding carboxylic acids is 1. The molecule has 0 fully saturated rings. The van der Waals surface area contributed by atoms with Gasteiger partial charge < -0.3 is 14.6 Å². The highest BCUT2D eigenvalue weighted by Gasteiger charge is 2.53. The zero-order valence-electron chi connectivity index (χ0n) is 26.0. The number of aliphatic hydroxyl groups is 1. The van der Waals surface area contributed by atoms with E-state index in [9.17, 15) is 26.4 Å². The predicted octanol–water partition coefficient (Wildman–Crippen LogP) is 6.17. The number of rotatable bonds is 14. The molecule has 0 bridgehead atoms. The third-order valence-corrected chi connectivity index (χ3v) is 10.1. The van der Waals surface area contributed by atoms with Crippen molar-refractivity contribution < 1.29 is 41.0 Å². The quantitative estimate of drug-likeness (QED) is 0.104. The van der Waals surface area contributed by atoms with Gasteiger partial charge >= 0.3 is 6.18 Å². The van der Waals surface area contributed by atoms with E-state index in [1.807, 2.05) is 0 Å². The van der Waals surface area contributed by atoms with E-state index in [1.165, 1.54) is 30.3 Å². The standard InChI is InChI=1S/C35H33BrF3N3O6S/c36-27-15-11-24(12-16-27)31-34(19-22-49(45,46)29-8-2-1-3-9-29,33(44)42-40-23-26-7-4-5-10-30(26)35(37,38)39)41-32(48-31)25-13-17-28(18-14-25)47-21-6-20-43/h1-5,7-18,31,40,43H,6,19-23H2,(H,42,44)/t31-,34-/m0/s1. The summed E-state index contributed by atoms with van der Waals surface area (Å²) in [6.07, 6.45) is -5.61. The molecule has 9 nitrogen and oxygen atoms in total. The molecule has 0 radical (unpaired) electrons. The summed E-state index contributed by atoms with van der Waals surface area (Å²) in [6.45, 7) is -0.0928. The molecule has 258 valence electrons. The van der Waals surface area contributed by atoms with E-state index in [0.717, 1.165) is 10.5 Å². The number of alkyl halides is 3. The third kappa shape index (κ3) is 8.68. The van der Waals surface area contributed by atoms with Gasteiger partial charge in [0.15, 0.2) is 21.5 Å². The van der Waals surface area contributed by atoms with Crippen LogP contribution in [-0.4, -0.2) is 49.8 Å². The molecule has 1 amide bonds. The van der Waals surface area contributed by atoms with Gasteiger partial charge in [0, 0.05) is 36.0 Å². The Bertz CT molecular complexity index is 1880.